The van der Waals surface area contributed by atoms with Crippen molar-refractivity contribution in [1.29, 1.82) is 0 Å². The van der Waals surface area contributed by atoms with Crippen LogP contribution in [0.3, 0.4) is 0 Å². The summed E-state index contributed by atoms with van der Waals surface area (Å²) in [6.07, 6.45) is 0. The largest absolute Gasteiger partial charge is 0.378 e. The van der Waals surface area contributed by atoms with Crippen LogP contribution in [-0.2, 0) is 11.3 Å². The SMILES string of the molecule is CCN(CC)Cc1cc(Br)ccc1N1CCOCC1. The summed E-state index contributed by atoms with van der Waals surface area (Å²) in [4.78, 5) is 4.89. The number of halogens is 1. The van der Waals surface area contributed by atoms with Crippen molar-refractivity contribution in [2.45, 2.75) is 20.4 Å². The minimum Gasteiger partial charge on any atom is -0.378 e. The summed E-state index contributed by atoms with van der Waals surface area (Å²) >= 11 is 3.59. The Labute approximate surface area is 124 Å². The van der Waals surface area contributed by atoms with E-state index in [0.717, 1.165) is 50.4 Å². The quantitative estimate of drug-likeness (QED) is 0.826. The Bertz CT molecular complexity index is 401. The van der Waals surface area contributed by atoms with Gasteiger partial charge in [0.1, 0.15) is 0 Å². The van der Waals surface area contributed by atoms with Gasteiger partial charge in [-0.1, -0.05) is 29.8 Å². The van der Waals surface area contributed by atoms with Crippen molar-refractivity contribution < 1.29 is 4.74 Å². The molecular formula is C15H23BrN2O. The molecule has 1 fully saturated rings. The fourth-order valence-electron chi connectivity index (χ4n) is 2.48. The minimum atomic E-state index is 0.834. The van der Waals surface area contributed by atoms with Crippen LogP contribution < -0.4 is 4.90 Å². The van der Waals surface area contributed by atoms with Crippen molar-refractivity contribution in [3.63, 3.8) is 0 Å². The van der Waals surface area contributed by atoms with E-state index in [9.17, 15) is 0 Å². The summed E-state index contributed by atoms with van der Waals surface area (Å²) in [5.41, 5.74) is 2.76. The van der Waals surface area contributed by atoms with Crippen LogP contribution in [0.2, 0.25) is 0 Å². The molecule has 0 N–H and O–H groups in total. The number of ether oxygens (including phenoxy) is 1. The first-order valence-electron chi connectivity index (χ1n) is 7.08. The first kappa shape index (κ1) is 14.8. The summed E-state index contributed by atoms with van der Waals surface area (Å²) in [6, 6.07) is 6.62. The van der Waals surface area contributed by atoms with Crippen LogP contribution in [0.5, 0.6) is 0 Å². The monoisotopic (exact) mass is 326 g/mol. The summed E-state index contributed by atoms with van der Waals surface area (Å²) in [5.74, 6) is 0. The van der Waals surface area contributed by atoms with Crippen LogP contribution in [-0.4, -0.2) is 44.3 Å². The molecule has 0 spiro atoms. The fraction of sp³-hybridized carbons (Fsp3) is 0.600. The van der Waals surface area contributed by atoms with Crippen LogP contribution >= 0.6 is 15.9 Å². The standard InChI is InChI=1S/C15H23BrN2O/c1-3-17(4-2)12-13-11-14(16)5-6-15(13)18-7-9-19-10-8-18/h5-6,11H,3-4,7-10,12H2,1-2H3. The Morgan fingerprint density at radius 2 is 1.89 bits per heavy atom. The second kappa shape index (κ2) is 7.27. The van der Waals surface area contributed by atoms with E-state index in [0.29, 0.717) is 0 Å². The first-order chi connectivity index (χ1) is 9.24. The van der Waals surface area contributed by atoms with Gasteiger partial charge in [-0.05, 0) is 36.9 Å². The van der Waals surface area contributed by atoms with Crippen molar-refractivity contribution in [3.8, 4) is 0 Å². The van der Waals surface area contributed by atoms with Crippen molar-refractivity contribution in [2.75, 3.05) is 44.3 Å². The molecule has 3 nitrogen and oxygen atoms in total. The van der Waals surface area contributed by atoms with Gasteiger partial charge in [0.15, 0.2) is 0 Å². The van der Waals surface area contributed by atoms with Gasteiger partial charge in [-0.3, -0.25) is 4.90 Å². The molecule has 4 heteroatoms. The smallest absolute Gasteiger partial charge is 0.0642 e. The van der Waals surface area contributed by atoms with Crippen LogP contribution in [0.4, 0.5) is 5.69 Å². The van der Waals surface area contributed by atoms with Crippen molar-refractivity contribution >= 4 is 21.6 Å². The Morgan fingerprint density at radius 3 is 2.53 bits per heavy atom. The van der Waals surface area contributed by atoms with Gasteiger partial charge in [-0.15, -0.1) is 0 Å². The maximum absolute atomic E-state index is 5.45. The molecule has 0 radical (unpaired) electrons. The van der Waals surface area contributed by atoms with E-state index in [1.54, 1.807) is 0 Å². The summed E-state index contributed by atoms with van der Waals surface area (Å²) in [7, 11) is 0. The third-order valence-corrected chi connectivity index (χ3v) is 4.17. The third kappa shape index (κ3) is 3.94. The molecule has 0 saturated carbocycles. The molecule has 0 bridgehead atoms. The lowest BCUT2D eigenvalue weighted by Gasteiger charge is -2.32. The third-order valence-electron chi connectivity index (χ3n) is 3.68. The lowest BCUT2D eigenvalue weighted by Crippen LogP contribution is -2.37. The van der Waals surface area contributed by atoms with Crippen molar-refractivity contribution in [3.05, 3.63) is 28.2 Å². The van der Waals surface area contributed by atoms with Gasteiger partial charge < -0.3 is 9.64 Å². The molecule has 0 aliphatic carbocycles. The normalized spacial score (nSPS) is 16.1. The fourth-order valence-corrected chi connectivity index (χ4v) is 2.89. The number of anilines is 1. The molecule has 0 atom stereocenters. The topological polar surface area (TPSA) is 15.7 Å². The summed E-state index contributed by atoms with van der Waals surface area (Å²) in [5, 5.41) is 0. The highest BCUT2D eigenvalue weighted by atomic mass is 79.9. The predicted octanol–water partition coefficient (Wildman–Crippen LogP) is 3.13. The molecule has 0 amide bonds. The molecule has 1 aliphatic rings. The van der Waals surface area contributed by atoms with Crippen LogP contribution in [0.15, 0.2) is 22.7 Å². The molecule has 0 aromatic heterocycles. The molecule has 2 rings (SSSR count). The zero-order valence-electron chi connectivity index (χ0n) is 11.9. The Morgan fingerprint density at radius 1 is 1.21 bits per heavy atom. The minimum absolute atomic E-state index is 0.834. The highest BCUT2D eigenvalue weighted by Crippen LogP contribution is 2.26. The van der Waals surface area contributed by atoms with Gasteiger partial charge >= 0.3 is 0 Å². The second-order valence-electron chi connectivity index (χ2n) is 4.83. The number of rotatable bonds is 5. The van der Waals surface area contributed by atoms with E-state index in [-0.39, 0.29) is 0 Å². The van der Waals surface area contributed by atoms with E-state index < -0.39 is 0 Å². The first-order valence-corrected chi connectivity index (χ1v) is 7.87. The van der Waals surface area contributed by atoms with E-state index in [1.807, 2.05) is 0 Å². The molecule has 1 aliphatic heterocycles. The van der Waals surface area contributed by atoms with E-state index >= 15 is 0 Å². The Kier molecular flexibility index (Phi) is 5.67. The summed E-state index contributed by atoms with van der Waals surface area (Å²) < 4.78 is 6.61. The molecule has 0 unspecified atom stereocenters. The average Bonchev–Trinajstić information content (AvgIpc) is 2.46. The predicted molar refractivity (Wildman–Crippen MR) is 83.8 cm³/mol. The molecule has 19 heavy (non-hydrogen) atoms. The van der Waals surface area contributed by atoms with Gasteiger partial charge in [0.05, 0.1) is 13.2 Å². The zero-order valence-corrected chi connectivity index (χ0v) is 13.4. The van der Waals surface area contributed by atoms with Crippen LogP contribution in [0.25, 0.3) is 0 Å². The number of nitrogens with zero attached hydrogens (tertiary/aromatic N) is 2. The van der Waals surface area contributed by atoms with Crippen molar-refractivity contribution in [2.24, 2.45) is 0 Å². The van der Waals surface area contributed by atoms with Gasteiger partial charge in [0.25, 0.3) is 0 Å². The average molecular weight is 327 g/mol. The number of benzene rings is 1. The molecular weight excluding hydrogens is 304 g/mol. The highest BCUT2D eigenvalue weighted by Gasteiger charge is 2.16. The van der Waals surface area contributed by atoms with E-state index in [4.69, 9.17) is 4.74 Å². The maximum Gasteiger partial charge on any atom is 0.0642 e. The van der Waals surface area contributed by atoms with Gasteiger partial charge in [-0.25, -0.2) is 0 Å². The lowest BCUT2D eigenvalue weighted by atomic mass is 10.1. The molecule has 1 aromatic carbocycles. The van der Waals surface area contributed by atoms with Crippen LogP contribution in [0, 0.1) is 0 Å². The van der Waals surface area contributed by atoms with Gasteiger partial charge in [0, 0.05) is 29.8 Å². The Hall–Kier alpha value is -0.580. The second-order valence-corrected chi connectivity index (χ2v) is 5.75. The lowest BCUT2D eigenvalue weighted by molar-refractivity contribution is 0.122. The van der Waals surface area contributed by atoms with Gasteiger partial charge in [-0.2, -0.15) is 0 Å². The zero-order chi connectivity index (χ0) is 13.7. The Balaban J connectivity index is 2.21. The molecule has 106 valence electrons. The number of hydrogen-bond acceptors (Lipinski definition) is 3. The van der Waals surface area contributed by atoms with E-state index in [1.165, 1.54) is 11.3 Å². The summed E-state index contributed by atoms with van der Waals surface area (Å²) in [6.45, 7) is 11.3. The maximum atomic E-state index is 5.45. The highest BCUT2D eigenvalue weighted by molar-refractivity contribution is 9.10. The molecule has 1 aromatic rings. The number of morpholine rings is 1. The van der Waals surface area contributed by atoms with Crippen LogP contribution in [0.1, 0.15) is 19.4 Å². The van der Waals surface area contributed by atoms with E-state index in [2.05, 4.69) is 57.8 Å². The molecule has 1 saturated heterocycles. The molecule has 1 heterocycles. The number of hydrogen-bond donors (Lipinski definition) is 0. The van der Waals surface area contributed by atoms with Gasteiger partial charge in [0.2, 0.25) is 0 Å². The van der Waals surface area contributed by atoms with Crippen molar-refractivity contribution in [1.82, 2.24) is 4.90 Å².